The second-order valence-electron chi connectivity index (χ2n) is 4.52. The molecular formula is C14H21ClN2O. The molecule has 18 heavy (non-hydrogen) atoms. The Morgan fingerprint density at radius 1 is 1.11 bits per heavy atom. The van der Waals surface area contributed by atoms with Crippen molar-refractivity contribution in [3.63, 3.8) is 0 Å². The largest absolute Gasteiger partial charge is 0.351 e. The van der Waals surface area contributed by atoms with Gasteiger partial charge in [-0.3, -0.25) is 4.79 Å². The lowest BCUT2D eigenvalue weighted by Gasteiger charge is -2.26. The summed E-state index contributed by atoms with van der Waals surface area (Å²) in [6, 6.07) is 9.38. The fourth-order valence-corrected chi connectivity index (χ4v) is 2.20. The second kappa shape index (κ2) is 8.11. The van der Waals surface area contributed by atoms with Gasteiger partial charge in [-0.15, -0.1) is 12.4 Å². The highest BCUT2D eigenvalue weighted by Gasteiger charge is 2.10. The number of piperidine rings is 1. The number of amides is 1. The summed E-state index contributed by atoms with van der Waals surface area (Å²) in [5.41, 5.74) is 0.742. The molecule has 2 rings (SSSR count). The van der Waals surface area contributed by atoms with Gasteiger partial charge < -0.3 is 10.2 Å². The minimum atomic E-state index is 0. The molecule has 0 unspecified atom stereocenters. The Morgan fingerprint density at radius 2 is 1.78 bits per heavy atom. The monoisotopic (exact) mass is 268 g/mol. The Hall–Kier alpha value is -1.06. The molecule has 0 radical (unpaired) electrons. The third-order valence-electron chi connectivity index (χ3n) is 3.20. The summed E-state index contributed by atoms with van der Waals surface area (Å²) in [4.78, 5) is 14.2. The maximum absolute atomic E-state index is 11.8. The number of benzene rings is 1. The van der Waals surface area contributed by atoms with Gasteiger partial charge in [-0.2, -0.15) is 0 Å². The van der Waals surface area contributed by atoms with Gasteiger partial charge in [0, 0.05) is 18.7 Å². The molecular weight excluding hydrogens is 248 g/mol. The molecule has 0 aliphatic carbocycles. The molecule has 0 spiro atoms. The Balaban J connectivity index is 0.00000162. The molecule has 3 nitrogen and oxygen atoms in total. The summed E-state index contributed by atoms with van der Waals surface area (Å²) in [7, 11) is 0. The Bertz CT molecular complexity index is 350. The maximum Gasteiger partial charge on any atom is 0.251 e. The van der Waals surface area contributed by atoms with Gasteiger partial charge in [-0.25, -0.2) is 0 Å². The molecule has 1 saturated heterocycles. The zero-order valence-electron chi connectivity index (χ0n) is 10.6. The molecule has 4 heteroatoms. The lowest BCUT2D eigenvalue weighted by Crippen LogP contribution is -2.37. The van der Waals surface area contributed by atoms with Crippen LogP contribution in [0.25, 0.3) is 0 Å². The summed E-state index contributed by atoms with van der Waals surface area (Å²) in [5.74, 6) is 0.0302. The lowest BCUT2D eigenvalue weighted by molar-refractivity contribution is 0.0946. The van der Waals surface area contributed by atoms with Crippen LogP contribution in [0.2, 0.25) is 0 Å². The van der Waals surface area contributed by atoms with Gasteiger partial charge in [0.25, 0.3) is 5.91 Å². The molecule has 1 fully saturated rings. The van der Waals surface area contributed by atoms with Crippen LogP contribution in [0.4, 0.5) is 0 Å². The van der Waals surface area contributed by atoms with Crippen molar-refractivity contribution in [2.45, 2.75) is 19.3 Å². The van der Waals surface area contributed by atoms with Gasteiger partial charge in [0.05, 0.1) is 0 Å². The predicted molar refractivity (Wildman–Crippen MR) is 76.3 cm³/mol. The summed E-state index contributed by atoms with van der Waals surface area (Å²) in [6.45, 7) is 4.08. The highest BCUT2D eigenvalue weighted by atomic mass is 35.5. The van der Waals surface area contributed by atoms with Crippen LogP contribution in [-0.4, -0.2) is 37.0 Å². The Kier molecular flexibility index (Phi) is 6.76. The van der Waals surface area contributed by atoms with Crippen molar-refractivity contribution in [1.82, 2.24) is 10.2 Å². The molecule has 0 saturated carbocycles. The first-order valence-corrected chi connectivity index (χ1v) is 6.42. The number of nitrogens with zero attached hydrogens (tertiary/aromatic N) is 1. The fraction of sp³-hybridized carbons (Fsp3) is 0.500. The van der Waals surface area contributed by atoms with E-state index in [1.807, 2.05) is 30.3 Å². The van der Waals surface area contributed by atoms with Crippen molar-refractivity contribution in [2.75, 3.05) is 26.2 Å². The first kappa shape index (κ1) is 15.0. The number of carbonyl (C=O) groups is 1. The van der Waals surface area contributed by atoms with E-state index in [2.05, 4.69) is 10.2 Å². The van der Waals surface area contributed by atoms with Crippen LogP contribution in [0.1, 0.15) is 29.6 Å². The zero-order valence-corrected chi connectivity index (χ0v) is 11.4. The first-order chi connectivity index (χ1) is 8.36. The lowest BCUT2D eigenvalue weighted by atomic mass is 10.1. The quantitative estimate of drug-likeness (QED) is 0.909. The van der Waals surface area contributed by atoms with Crippen molar-refractivity contribution in [1.29, 1.82) is 0 Å². The molecule has 1 aromatic rings. The van der Waals surface area contributed by atoms with Gasteiger partial charge in [0.1, 0.15) is 0 Å². The SMILES string of the molecule is Cl.O=C(NCCN1CCCCC1)c1ccccc1. The molecule has 1 aromatic carbocycles. The minimum absolute atomic E-state index is 0. The average molecular weight is 269 g/mol. The number of carbonyl (C=O) groups excluding carboxylic acids is 1. The van der Waals surface area contributed by atoms with Crippen LogP contribution in [0.15, 0.2) is 30.3 Å². The highest BCUT2D eigenvalue weighted by Crippen LogP contribution is 2.07. The van der Waals surface area contributed by atoms with Crippen LogP contribution >= 0.6 is 12.4 Å². The number of halogens is 1. The molecule has 1 aliphatic heterocycles. The fourth-order valence-electron chi connectivity index (χ4n) is 2.20. The van der Waals surface area contributed by atoms with E-state index in [0.717, 1.165) is 18.7 Å². The number of rotatable bonds is 4. The molecule has 0 aromatic heterocycles. The van der Waals surface area contributed by atoms with Gasteiger partial charge in [-0.05, 0) is 38.1 Å². The number of hydrogen-bond donors (Lipinski definition) is 1. The minimum Gasteiger partial charge on any atom is -0.351 e. The molecule has 1 aliphatic rings. The van der Waals surface area contributed by atoms with Crippen LogP contribution < -0.4 is 5.32 Å². The second-order valence-corrected chi connectivity index (χ2v) is 4.52. The highest BCUT2D eigenvalue weighted by molar-refractivity contribution is 5.94. The van der Waals surface area contributed by atoms with Gasteiger partial charge in [0.2, 0.25) is 0 Å². The van der Waals surface area contributed by atoms with E-state index >= 15 is 0 Å². The van der Waals surface area contributed by atoms with Crippen molar-refractivity contribution < 1.29 is 4.79 Å². The maximum atomic E-state index is 11.8. The average Bonchev–Trinajstić information content (AvgIpc) is 2.41. The van der Waals surface area contributed by atoms with Crippen LogP contribution in [0, 0.1) is 0 Å². The van der Waals surface area contributed by atoms with E-state index < -0.39 is 0 Å². The van der Waals surface area contributed by atoms with E-state index in [1.165, 1.54) is 32.4 Å². The summed E-state index contributed by atoms with van der Waals surface area (Å²) >= 11 is 0. The molecule has 0 bridgehead atoms. The third-order valence-corrected chi connectivity index (χ3v) is 3.20. The summed E-state index contributed by atoms with van der Waals surface area (Å²) in [5, 5.41) is 2.97. The smallest absolute Gasteiger partial charge is 0.251 e. The number of hydrogen-bond acceptors (Lipinski definition) is 2. The predicted octanol–water partition coefficient (Wildman–Crippen LogP) is 2.32. The van der Waals surface area contributed by atoms with Crippen LogP contribution in [-0.2, 0) is 0 Å². The van der Waals surface area contributed by atoms with E-state index in [-0.39, 0.29) is 18.3 Å². The normalized spacial score (nSPS) is 15.8. The van der Waals surface area contributed by atoms with Crippen LogP contribution in [0.3, 0.4) is 0 Å². The van der Waals surface area contributed by atoms with E-state index in [9.17, 15) is 4.79 Å². The van der Waals surface area contributed by atoms with E-state index in [0.29, 0.717) is 0 Å². The summed E-state index contributed by atoms with van der Waals surface area (Å²) in [6.07, 6.45) is 3.95. The van der Waals surface area contributed by atoms with E-state index in [1.54, 1.807) is 0 Å². The molecule has 1 amide bonds. The Labute approximate surface area is 115 Å². The Morgan fingerprint density at radius 3 is 2.44 bits per heavy atom. The van der Waals surface area contributed by atoms with E-state index in [4.69, 9.17) is 0 Å². The van der Waals surface area contributed by atoms with Crippen molar-refractivity contribution in [3.05, 3.63) is 35.9 Å². The molecule has 100 valence electrons. The number of likely N-dealkylation sites (tertiary alicyclic amines) is 1. The topological polar surface area (TPSA) is 32.3 Å². The number of nitrogens with one attached hydrogen (secondary N) is 1. The zero-order chi connectivity index (χ0) is 11.9. The molecule has 1 heterocycles. The van der Waals surface area contributed by atoms with Crippen LogP contribution in [0.5, 0.6) is 0 Å². The van der Waals surface area contributed by atoms with Crippen molar-refractivity contribution >= 4 is 18.3 Å². The van der Waals surface area contributed by atoms with Gasteiger partial charge >= 0.3 is 0 Å². The third kappa shape index (κ3) is 4.67. The van der Waals surface area contributed by atoms with Crippen molar-refractivity contribution in [2.24, 2.45) is 0 Å². The molecule has 1 N–H and O–H groups in total. The molecule has 0 atom stereocenters. The summed E-state index contributed by atoms with van der Waals surface area (Å²) < 4.78 is 0. The standard InChI is InChI=1S/C14H20N2O.ClH/c17-14(13-7-3-1-4-8-13)15-9-12-16-10-5-2-6-11-16;/h1,3-4,7-8H,2,5-6,9-12H2,(H,15,17);1H. The van der Waals surface area contributed by atoms with Crippen molar-refractivity contribution in [3.8, 4) is 0 Å². The first-order valence-electron chi connectivity index (χ1n) is 6.42. The van der Waals surface area contributed by atoms with Gasteiger partial charge in [-0.1, -0.05) is 24.6 Å². The van der Waals surface area contributed by atoms with Gasteiger partial charge in [0.15, 0.2) is 0 Å².